The molecule has 2 amide bonds. The summed E-state index contributed by atoms with van der Waals surface area (Å²) in [4.78, 5) is 46.0. The molecular formula is C17H11N3O6. The predicted octanol–water partition coefficient (Wildman–Crippen LogP) is 1.78. The fraction of sp³-hybridized carbons (Fsp3) is 0. The lowest BCUT2D eigenvalue weighted by Crippen LogP contribution is -2.43. The quantitative estimate of drug-likeness (QED) is 0.419. The van der Waals surface area contributed by atoms with Crippen LogP contribution in [0.5, 0.6) is 0 Å². The molecule has 2 aromatic carbocycles. The molecule has 0 saturated heterocycles. The first-order valence-corrected chi connectivity index (χ1v) is 7.34. The monoisotopic (exact) mass is 353 g/mol. The van der Waals surface area contributed by atoms with E-state index >= 15 is 0 Å². The zero-order chi connectivity index (χ0) is 18.7. The average molecular weight is 353 g/mol. The van der Waals surface area contributed by atoms with Gasteiger partial charge in [0.05, 0.1) is 4.92 Å². The minimum Gasteiger partial charge on any atom is -0.422 e. The molecular weight excluding hydrogens is 342 g/mol. The van der Waals surface area contributed by atoms with E-state index in [1.165, 1.54) is 18.2 Å². The molecule has 0 aliphatic carbocycles. The lowest BCUT2D eigenvalue weighted by Gasteiger charge is -2.07. The topological polar surface area (TPSA) is 132 Å². The van der Waals surface area contributed by atoms with E-state index in [-0.39, 0.29) is 16.8 Å². The second-order valence-corrected chi connectivity index (χ2v) is 5.20. The van der Waals surface area contributed by atoms with E-state index in [1.807, 2.05) is 0 Å². The highest BCUT2D eigenvalue weighted by atomic mass is 16.6. The van der Waals surface area contributed by atoms with Crippen molar-refractivity contribution in [2.24, 2.45) is 0 Å². The van der Waals surface area contributed by atoms with Gasteiger partial charge in [-0.2, -0.15) is 0 Å². The summed E-state index contributed by atoms with van der Waals surface area (Å²) in [6.45, 7) is 0. The summed E-state index contributed by atoms with van der Waals surface area (Å²) in [5, 5.41) is 11.1. The number of hydrogen-bond acceptors (Lipinski definition) is 6. The Bertz CT molecular complexity index is 1070. The smallest absolute Gasteiger partial charge is 0.349 e. The maximum atomic E-state index is 12.1. The largest absolute Gasteiger partial charge is 0.422 e. The molecule has 0 unspecified atom stereocenters. The summed E-state index contributed by atoms with van der Waals surface area (Å²) in [7, 11) is 0. The Hall–Kier alpha value is -4.01. The van der Waals surface area contributed by atoms with Crippen molar-refractivity contribution in [3.63, 3.8) is 0 Å². The Labute approximate surface area is 145 Å². The highest BCUT2D eigenvalue weighted by Gasteiger charge is 2.15. The molecule has 9 nitrogen and oxygen atoms in total. The zero-order valence-electron chi connectivity index (χ0n) is 13.1. The molecule has 1 aromatic heterocycles. The number of fused-ring (bicyclic) bond motifs is 1. The Morgan fingerprint density at radius 3 is 2.31 bits per heavy atom. The number of amides is 2. The summed E-state index contributed by atoms with van der Waals surface area (Å²) in [6, 6.07) is 12.8. The van der Waals surface area contributed by atoms with Crippen LogP contribution in [0.15, 0.2) is 63.8 Å². The van der Waals surface area contributed by atoms with Crippen LogP contribution in [-0.2, 0) is 0 Å². The summed E-state index contributed by atoms with van der Waals surface area (Å²) in [6.07, 6.45) is 0. The first-order valence-electron chi connectivity index (χ1n) is 7.34. The van der Waals surface area contributed by atoms with Crippen molar-refractivity contribution in [3.05, 3.63) is 86.3 Å². The Morgan fingerprint density at radius 1 is 0.962 bits per heavy atom. The minimum atomic E-state index is -0.847. The van der Waals surface area contributed by atoms with Crippen LogP contribution < -0.4 is 16.5 Å². The normalized spacial score (nSPS) is 10.3. The van der Waals surface area contributed by atoms with Gasteiger partial charge < -0.3 is 4.42 Å². The summed E-state index contributed by atoms with van der Waals surface area (Å²) in [5.74, 6) is -1.54. The predicted molar refractivity (Wildman–Crippen MR) is 90.5 cm³/mol. The van der Waals surface area contributed by atoms with Gasteiger partial charge in [0.2, 0.25) is 0 Å². The molecule has 0 spiro atoms. The number of hydrazine groups is 1. The van der Waals surface area contributed by atoms with Crippen molar-refractivity contribution in [1.82, 2.24) is 10.9 Å². The number of hydrogen-bond donors (Lipinski definition) is 2. The van der Waals surface area contributed by atoms with Crippen LogP contribution in [-0.4, -0.2) is 16.7 Å². The van der Waals surface area contributed by atoms with Crippen molar-refractivity contribution in [1.29, 1.82) is 0 Å². The molecule has 0 aliphatic heterocycles. The summed E-state index contributed by atoms with van der Waals surface area (Å²) >= 11 is 0. The Kier molecular flexibility index (Phi) is 4.44. The minimum absolute atomic E-state index is 0.0986. The van der Waals surface area contributed by atoms with Crippen molar-refractivity contribution in [2.75, 3.05) is 0 Å². The van der Waals surface area contributed by atoms with Crippen LogP contribution in [0, 0.1) is 10.1 Å². The van der Waals surface area contributed by atoms with E-state index < -0.39 is 22.4 Å². The van der Waals surface area contributed by atoms with Crippen LogP contribution in [0.1, 0.15) is 20.7 Å². The lowest BCUT2D eigenvalue weighted by molar-refractivity contribution is -0.384. The summed E-state index contributed by atoms with van der Waals surface area (Å²) in [5.41, 5.74) is 3.40. The Morgan fingerprint density at radius 2 is 1.62 bits per heavy atom. The van der Waals surface area contributed by atoms with Gasteiger partial charge in [0.15, 0.2) is 0 Å². The van der Waals surface area contributed by atoms with Gasteiger partial charge in [0.25, 0.3) is 17.5 Å². The van der Waals surface area contributed by atoms with Gasteiger partial charge in [-0.05, 0) is 24.3 Å². The maximum Gasteiger partial charge on any atom is 0.349 e. The van der Waals surface area contributed by atoms with Crippen molar-refractivity contribution < 1.29 is 18.9 Å². The molecule has 130 valence electrons. The van der Waals surface area contributed by atoms with Crippen molar-refractivity contribution >= 4 is 28.5 Å². The number of nitro benzene ring substituents is 1. The number of non-ortho nitro benzene ring substituents is 1. The second-order valence-electron chi connectivity index (χ2n) is 5.20. The van der Waals surface area contributed by atoms with E-state index in [0.717, 1.165) is 12.1 Å². The molecule has 9 heteroatoms. The van der Waals surface area contributed by atoms with Crippen LogP contribution in [0.25, 0.3) is 11.0 Å². The van der Waals surface area contributed by atoms with Crippen LogP contribution in [0.3, 0.4) is 0 Å². The molecule has 0 saturated carbocycles. The van der Waals surface area contributed by atoms with Gasteiger partial charge in [0, 0.05) is 23.1 Å². The van der Waals surface area contributed by atoms with Crippen LogP contribution in [0.4, 0.5) is 5.69 Å². The van der Waals surface area contributed by atoms with Crippen molar-refractivity contribution in [3.8, 4) is 0 Å². The lowest BCUT2D eigenvalue weighted by atomic mass is 10.2. The molecule has 0 radical (unpaired) electrons. The molecule has 0 atom stereocenters. The number of carbonyl (C=O) groups is 2. The zero-order valence-corrected chi connectivity index (χ0v) is 13.1. The van der Waals surface area contributed by atoms with E-state index in [1.54, 1.807) is 24.3 Å². The molecule has 3 aromatic rings. The highest BCUT2D eigenvalue weighted by Crippen LogP contribution is 2.13. The number of nitrogens with zero attached hydrogens (tertiary/aromatic N) is 1. The fourth-order valence-corrected chi connectivity index (χ4v) is 2.21. The number of nitrogens with one attached hydrogen (secondary N) is 2. The number of nitro groups is 1. The molecule has 0 aliphatic rings. The van der Waals surface area contributed by atoms with Gasteiger partial charge in [-0.15, -0.1) is 0 Å². The van der Waals surface area contributed by atoms with E-state index in [2.05, 4.69) is 10.9 Å². The second kappa shape index (κ2) is 6.85. The molecule has 2 N–H and O–H groups in total. The van der Waals surface area contributed by atoms with Crippen LogP contribution in [0.2, 0.25) is 0 Å². The Balaban J connectivity index is 1.72. The number of benzene rings is 2. The number of rotatable bonds is 3. The molecule has 3 rings (SSSR count). The molecule has 0 bridgehead atoms. The van der Waals surface area contributed by atoms with Gasteiger partial charge >= 0.3 is 5.63 Å². The number of carbonyl (C=O) groups excluding carboxylic acids is 2. The first-order chi connectivity index (χ1) is 12.5. The molecule has 0 fully saturated rings. The van der Waals surface area contributed by atoms with E-state index in [0.29, 0.717) is 11.0 Å². The average Bonchev–Trinajstić information content (AvgIpc) is 2.65. The van der Waals surface area contributed by atoms with E-state index in [9.17, 15) is 24.5 Å². The number of para-hydroxylation sites is 1. The van der Waals surface area contributed by atoms with Gasteiger partial charge in [-0.25, -0.2) is 4.79 Å². The third-order valence-corrected chi connectivity index (χ3v) is 3.52. The molecule has 26 heavy (non-hydrogen) atoms. The van der Waals surface area contributed by atoms with Crippen LogP contribution >= 0.6 is 0 Å². The van der Waals surface area contributed by atoms with E-state index in [4.69, 9.17) is 4.42 Å². The third-order valence-electron chi connectivity index (χ3n) is 3.52. The first kappa shape index (κ1) is 16.8. The van der Waals surface area contributed by atoms with Gasteiger partial charge in [-0.3, -0.25) is 30.6 Å². The highest BCUT2D eigenvalue weighted by molar-refractivity contribution is 6.00. The summed E-state index contributed by atoms with van der Waals surface area (Å²) < 4.78 is 5.05. The van der Waals surface area contributed by atoms with Crippen molar-refractivity contribution in [2.45, 2.75) is 0 Å². The molecule has 1 heterocycles. The fourth-order valence-electron chi connectivity index (χ4n) is 2.21. The van der Waals surface area contributed by atoms with Gasteiger partial charge in [-0.1, -0.05) is 18.2 Å². The third kappa shape index (κ3) is 3.41. The maximum absolute atomic E-state index is 12.1. The SMILES string of the molecule is O=C(NNC(=O)c1cc2ccccc2oc1=O)c1ccc([N+](=O)[O-])cc1. The standard InChI is InChI=1S/C17H11N3O6/c21-15(10-5-7-12(8-6-10)20(24)25)18-19-16(22)13-9-11-3-1-2-4-14(11)26-17(13)23/h1-9H,(H,18,21)(H,19,22). The van der Waals surface area contributed by atoms with Gasteiger partial charge in [0.1, 0.15) is 11.1 Å².